The highest BCUT2D eigenvalue weighted by Gasteiger charge is 2.18. The molecule has 5 heteroatoms. The summed E-state index contributed by atoms with van der Waals surface area (Å²) < 4.78 is 0. The van der Waals surface area contributed by atoms with Crippen molar-refractivity contribution in [2.24, 2.45) is 0 Å². The van der Waals surface area contributed by atoms with Crippen LogP contribution in [0.2, 0.25) is 5.15 Å². The van der Waals surface area contributed by atoms with Gasteiger partial charge in [-0.15, -0.1) is 11.6 Å². The molecule has 25 heavy (non-hydrogen) atoms. The highest BCUT2D eigenvalue weighted by Crippen LogP contribution is 2.32. The predicted molar refractivity (Wildman–Crippen MR) is 109 cm³/mol. The number of hydrogen-bond donors (Lipinski definition) is 0. The van der Waals surface area contributed by atoms with Gasteiger partial charge in [0.1, 0.15) is 5.15 Å². The Hall–Kier alpha value is -1.32. The number of hydrogen-bond acceptors (Lipinski definition) is 3. The molecule has 0 unspecified atom stereocenters. The van der Waals surface area contributed by atoms with Crippen LogP contribution in [0.25, 0.3) is 0 Å². The van der Waals surface area contributed by atoms with Gasteiger partial charge in [0.05, 0.1) is 0 Å². The second kappa shape index (κ2) is 8.86. The predicted octanol–water partition coefficient (Wildman–Crippen LogP) is 6.08. The third kappa shape index (κ3) is 4.65. The van der Waals surface area contributed by atoms with Crippen LogP contribution in [-0.2, 0) is 6.42 Å². The summed E-state index contributed by atoms with van der Waals surface area (Å²) >= 11 is 12.3. The normalized spacial score (nSPS) is 11.0. The van der Waals surface area contributed by atoms with E-state index in [1.165, 1.54) is 22.4 Å². The van der Waals surface area contributed by atoms with Crippen molar-refractivity contribution >= 4 is 34.8 Å². The third-order valence-electron chi connectivity index (χ3n) is 4.42. The van der Waals surface area contributed by atoms with Gasteiger partial charge in [0, 0.05) is 29.4 Å². The van der Waals surface area contributed by atoms with Crippen LogP contribution in [0.1, 0.15) is 47.7 Å². The molecular weight excluding hydrogens is 353 g/mol. The van der Waals surface area contributed by atoms with Gasteiger partial charge in [0.2, 0.25) is 5.95 Å². The first-order valence-corrected chi connectivity index (χ1v) is 9.74. The quantitative estimate of drug-likeness (QED) is 0.331. The molecule has 0 aliphatic rings. The zero-order valence-electron chi connectivity index (χ0n) is 15.8. The van der Waals surface area contributed by atoms with Crippen LogP contribution >= 0.6 is 23.2 Å². The second-order valence-electron chi connectivity index (χ2n) is 6.52. The molecular formula is C20H27Cl2N3. The summed E-state index contributed by atoms with van der Waals surface area (Å²) in [7, 11) is 0. The maximum atomic E-state index is 6.50. The van der Waals surface area contributed by atoms with Crippen molar-refractivity contribution in [3.05, 3.63) is 45.2 Å². The van der Waals surface area contributed by atoms with Crippen molar-refractivity contribution in [2.75, 3.05) is 17.3 Å². The van der Waals surface area contributed by atoms with Crippen molar-refractivity contribution in [1.29, 1.82) is 0 Å². The summed E-state index contributed by atoms with van der Waals surface area (Å²) in [6.07, 6.45) is 2.84. The minimum atomic E-state index is 0.554. The van der Waals surface area contributed by atoms with Crippen molar-refractivity contribution in [1.82, 2.24) is 9.97 Å². The van der Waals surface area contributed by atoms with Crippen LogP contribution in [0.3, 0.4) is 0 Å². The van der Waals surface area contributed by atoms with Crippen molar-refractivity contribution in [3.8, 4) is 0 Å². The molecule has 0 saturated carbocycles. The molecule has 0 bridgehead atoms. The minimum absolute atomic E-state index is 0.554. The molecule has 0 aliphatic carbocycles. The lowest BCUT2D eigenvalue weighted by Crippen LogP contribution is -2.22. The Morgan fingerprint density at radius 2 is 1.64 bits per heavy atom. The van der Waals surface area contributed by atoms with Gasteiger partial charge in [0.15, 0.2) is 0 Å². The van der Waals surface area contributed by atoms with Crippen LogP contribution in [0.15, 0.2) is 12.1 Å². The van der Waals surface area contributed by atoms with Crippen LogP contribution in [-0.4, -0.2) is 22.4 Å². The van der Waals surface area contributed by atoms with E-state index in [4.69, 9.17) is 28.2 Å². The average Bonchev–Trinajstić information content (AvgIpc) is 2.53. The van der Waals surface area contributed by atoms with Gasteiger partial charge in [-0.05, 0) is 65.0 Å². The standard InChI is InChI=1S/C20H27Cl2N3/c1-6-25(18-14(3)11-13(2)12-15(18)4)20-23-16(5)17(19(22)24-20)9-7-8-10-21/h11-12H,6-10H2,1-5H3. The number of alkyl halides is 1. The summed E-state index contributed by atoms with van der Waals surface area (Å²) in [5, 5.41) is 0.554. The first kappa shape index (κ1) is 20.0. The first-order chi connectivity index (χ1) is 11.9. The smallest absolute Gasteiger partial charge is 0.231 e. The monoisotopic (exact) mass is 379 g/mol. The summed E-state index contributed by atoms with van der Waals surface area (Å²) in [5.41, 5.74) is 6.86. The molecule has 0 radical (unpaired) electrons. The van der Waals surface area contributed by atoms with Crippen molar-refractivity contribution < 1.29 is 0 Å². The highest BCUT2D eigenvalue weighted by atomic mass is 35.5. The van der Waals surface area contributed by atoms with Gasteiger partial charge in [-0.25, -0.2) is 9.97 Å². The van der Waals surface area contributed by atoms with Crippen molar-refractivity contribution in [3.63, 3.8) is 0 Å². The molecule has 3 nitrogen and oxygen atoms in total. The topological polar surface area (TPSA) is 29.0 Å². The summed E-state index contributed by atoms with van der Waals surface area (Å²) in [5.74, 6) is 1.34. The molecule has 1 heterocycles. The molecule has 2 rings (SSSR count). The lowest BCUT2D eigenvalue weighted by molar-refractivity contribution is 0.782. The molecule has 0 atom stereocenters. The van der Waals surface area contributed by atoms with E-state index >= 15 is 0 Å². The van der Waals surface area contributed by atoms with Crippen LogP contribution < -0.4 is 4.90 Å². The fourth-order valence-electron chi connectivity index (χ4n) is 3.35. The fourth-order valence-corrected chi connectivity index (χ4v) is 3.84. The largest absolute Gasteiger partial charge is 0.310 e. The summed E-state index contributed by atoms with van der Waals surface area (Å²) in [6, 6.07) is 4.39. The number of halogens is 2. The Morgan fingerprint density at radius 3 is 2.16 bits per heavy atom. The van der Waals surface area contributed by atoms with E-state index in [0.717, 1.165) is 37.1 Å². The van der Waals surface area contributed by atoms with E-state index in [-0.39, 0.29) is 0 Å². The Bertz CT molecular complexity index is 698. The molecule has 2 aromatic rings. The van der Waals surface area contributed by atoms with Gasteiger partial charge in [-0.1, -0.05) is 29.3 Å². The molecule has 0 saturated heterocycles. The van der Waals surface area contributed by atoms with Gasteiger partial charge in [-0.2, -0.15) is 0 Å². The third-order valence-corrected chi connectivity index (χ3v) is 5.00. The Labute approximate surface area is 161 Å². The van der Waals surface area contributed by atoms with Crippen molar-refractivity contribution in [2.45, 2.75) is 53.9 Å². The van der Waals surface area contributed by atoms with Gasteiger partial charge in [0.25, 0.3) is 0 Å². The van der Waals surface area contributed by atoms with Crippen LogP contribution in [0.5, 0.6) is 0 Å². The van der Waals surface area contributed by atoms with Crippen LogP contribution in [0.4, 0.5) is 11.6 Å². The molecule has 0 aliphatic heterocycles. The SMILES string of the molecule is CCN(c1nc(C)c(CCCCCl)c(Cl)n1)c1c(C)cc(C)cc1C. The van der Waals surface area contributed by atoms with E-state index < -0.39 is 0 Å². The second-order valence-corrected chi connectivity index (χ2v) is 7.25. The molecule has 0 N–H and O–H groups in total. The number of benzene rings is 1. The number of anilines is 2. The number of aromatic nitrogens is 2. The summed E-state index contributed by atoms with van der Waals surface area (Å²) in [4.78, 5) is 11.5. The van der Waals surface area contributed by atoms with E-state index in [2.05, 4.69) is 49.7 Å². The molecule has 0 fully saturated rings. The number of unbranched alkanes of at least 4 members (excludes halogenated alkanes) is 1. The average molecular weight is 380 g/mol. The molecule has 1 aromatic heterocycles. The fraction of sp³-hybridized carbons (Fsp3) is 0.500. The first-order valence-electron chi connectivity index (χ1n) is 8.83. The maximum Gasteiger partial charge on any atom is 0.231 e. The van der Waals surface area contributed by atoms with Crippen LogP contribution in [0, 0.1) is 27.7 Å². The lowest BCUT2D eigenvalue weighted by Gasteiger charge is -2.26. The zero-order chi connectivity index (χ0) is 18.6. The maximum absolute atomic E-state index is 6.50. The van der Waals surface area contributed by atoms with Gasteiger partial charge in [-0.3, -0.25) is 0 Å². The zero-order valence-corrected chi connectivity index (χ0v) is 17.3. The number of rotatable bonds is 7. The number of nitrogens with zero attached hydrogens (tertiary/aromatic N) is 3. The molecule has 0 spiro atoms. The number of aryl methyl sites for hydroxylation is 4. The summed E-state index contributed by atoms with van der Waals surface area (Å²) in [6.45, 7) is 11.3. The Balaban J connectivity index is 2.42. The van der Waals surface area contributed by atoms with Gasteiger partial charge < -0.3 is 4.90 Å². The van der Waals surface area contributed by atoms with Gasteiger partial charge >= 0.3 is 0 Å². The molecule has 136 valence electrons. The molecule has 1 aromatic carbocycles. The lowest BCUT2D eigenvalue weighted by atomic mass is 10.0. The van der Waals surface area contributed by atoms with E-state index in [9.17, 15) is 0 Å². The molecule has 0 amide bonds. The highest BCUT2D eigenvalue weighted by molar-refractivity contribution is 6.30. The Morgan fingerprint density at radius 1 is 1.00 bits per heavy atom. The van der Waals surface area contributed by atoms with E-state index in [1.54, 1.807) is 0 Å². The van der Waals surface area contributed by atoms with E-state index in [1.807, 2.05) is 6.92 Å². The Kier molecular flexibility index (Phi) is 7.09. The minimum Gasteiger partial charge on any atom is -0.310 e. The van der Waals surface area contributed by atoms with E-state index in [0.29, 0.717) is 17.0 Å².